The smallest absolute Gasteiger partial charge is 0.0451 e. The first-order valence-electron chi connectivity index (χ1n) is 5.99. The molecule has 2 aromatic rings. The highest BCUT2D eigenvalue weighted by atomic mass is 79.9. The Morgan fingerprint density at radius 3 is 2.47 bits per heavy atom. The summed E-state index contributed by atoms with van der Waals surface area (Å²) in [4.78, 5) is 0. The number of benzene rings is 2. The molecular formula is C15H14BrCl2N. The van der Waals surface area contributed by atoms with Crippen LogP contribution in [0.1, 0.15) is 24.1 Å². The topological polar surface area (TPSA) is 12.0 Å². The Morgan fingerprint density at radius 1 is 1.11 bits per heavy atom. The van der Waals surface area contributed by atoms with E-state index in [4.69, 9.17) is 23.2 Å². The summed E-state index contributed by atoms with van der Waals surface area (Å²) in [5, 5.41) is 4.99. The van der Waals surface area contributed by atoms with Gasteiger partial charge >= 0.3 is 0 Å². The third-order valence-corrected chi connectivity index (χ3v) is 4.09. The summed E-state index contributed by atoms with van der Waals surface area (Å²) in [6, 6.07) is 14.0. The predicted octanol–water partition coefficient (Wildman–Crippen LogP) is 5.61. The van der Waals surface area contributed by atoms with Gasteiger partial charge in [0.25, 0.3) is 0 Å². The molecule has 0 aliphatic heterocycles. The maximum Gasteiger partial charge on any atom is 0.0451 e. The zero-order valence-corrected chi connectivity index (χ0v) is 13.6. The van der Waals surface area contributed by atoms with Crippen LogP contribution < -0.4 is 5.32 Å². The minimum Gasteiger partial charge on any atom is -0.306 e. The molecule has 2 aromatic carbocycles. The Morgan fingerprint density at radius 2 is 1.79 bits per heavy atom. The molecule has 0 heterocycles. The van der Waals surface area contributed by atoms with E-state index in [2.05, 4.69) is 28.2 Å². The Kier molecular flexibility index (Phi) is 5.28. The molecule has 0 aromatic heterocycles. The van der Waals surface area contributed by atoms with Gasteiger partial charge in [-0.3, -0.25) is 0 Å². The van der Waals surface area contributed by atoms with Gasteiger partial charge in [0.05, 0.1) is 0 Å². The van der Waals surface area contributed by atoms with Crippen LogP contribution in [-0.4, -0.2) is 0 Å². The van der Waals surface area contributed by atoms with E-state index in [0.29, 0.717) is 0 Å². The molecule has 0 radical (unpaired) electrons. The zero-order chi connectivity index (χ0) is 13.8. The summed E-state index contributed by atoms with van der Waals surface area (Å²) >= 11 is 15.5. The zero-order valence-electron chi connectivity index (χ0n) is 10.5. The van der Waals surface area contributed by atoms with Gasteiger partial charge in [-0.1, -0.05) is 51.3 Å². The largest absolute Gasteiger partial charge is 0.306 e. The normalized spacial score (nSPS) is 12.4. The first-order valence-corrected chi connectivity index (χ1v) is 7.54. The van der Waals surface area contributed by atoms with E-state index in [1.165, 1.54) is 5.56 Å². The molecule has 100 valence electrons. The maximum atomic E-state index is 6.17. The summed E-state index contributed by atoms with van der Waals surface area (Å²) in [5.74, 6) is 0. The van der Waals surface area contributed by atoms with Crippen LogP contribution in [-0.2, 0) is 6.54 Å². The lowest BCUT2D eigenvalue weighted by Gasteiger charge is -2.15. The number of hydrogen-bond donors (Lipinski definition) is 1. The second kappa shape index (κ2) is 6.76. The van der Waals surface area contributed by atoms with Gasteiger partial charge in [0.15, 0.2) is 0 Å². The fourth-order valence-corrected chi connectivity index (χ4v) is 2.53. The van der Waals surface area contributed by atoms with Crippen LogP contribution in [0.2, 0.25) is 10.0 Å². The number of hydrogen-bond acceptors (Lipinski definition) is 1. The fourth-order valence-electron chi connectivity index (χ4n) is 1.81. The van der Waals surface area contributed by atoms with Crippen LogP contribution in [0.5, 0.6) is 0 Å². The van der Waals surface area contributed by atoms with Crippen molar-refractivity contribution in [2.24, 2.45) is 0 Å². The first-order chi connectivity index (χ1) is 9.06. The maximum absolute atomic E-state index is 6.17. The molecule has 0 unspecified atom stereocenters. The van der Waals surface area contributed by atoms with Crippen molar-refractivity contribution in [1.82, 2.24) is 5.32 Å². The molecule has 0 bridgehead atoms. The highest BCUT2D eigenvalue weighted by molar-refractivity contribution is 9.10. The number of nitrogens with one attached hydrogen (secondary N) is 1. The first kappa shape index (κ1) is 14.9. The highest BCUT2D eigenvalue weighted by Gasteiger charge is 2.07. The van der Waals surface area contributed by atoms with Crippen LogP contribution in [0.15, 0.2) is 46.9 Å². The molecule has 0 aliphatic rings. The van der Waals surface area contributed by atoms with Gasteiger partial charge < -0.3 is 5.32 Å². The van der Waals surface area contributed by atoms with Crippen LogP contribution in [0.3, 0.4) is 0 Å². The van der Waals surface area contributed by atoms with Gasteiger partial charge in [0.1, 0.15) is 0 Å². The Balaban J connectivity index is 2.02. The monoisotopic (exact) mass is 357 g/mol. The van der Waals surface area contributed by atoms with Gasteiger partial charge in [-0.15, -0.1) is 0 Å². The standard InChI is InChI=1S/C15H14BrCl2N/c1-10(11-2-5-14(17)6-3-11)19-9-12-8-13(16)4-7-15(12)18/h2-8,10,19H,9H2,1H3/t10-/m1/s1. The van der Waals surface area contributed by atoms with Gasteiger partial charge in [0, 0.05) is 27.1 Å². The van der Waals surface area contributed by atoms with Crippen molar-refractivity contribution in [3.8, 4) is 0 Å². The lowest BCUT2D eigenvalue weighted by Crippen LogP contribution is -2.18. The molecule has 1 N–H and O–H groups in total. The van der Waals surface area contributed by atoms with Crippen LogP contribution in [0.25, 0.3) is 0 Å². The molecule has 19 heavy (non-hydrogen) atoms. The van der Waals surface area contributed by atoms with E-state index in [1.807, 2.05) is 42.5 Å². The quantitative estimate of drug-likeness (QED) is 0.749. The van der Waals surface area contributed by atoms with Crippen molar-refractivity contribution in [2.75, 3.05) is 0 Å². The van der Waals surface area contributed by atoms with E-state index in [1.54, 1.807) is 0 Å². The molecule has 0 saturated heterocycles. The Hall–Kier alpha value is -0.540. The molecule has 0 aliphatic carbocycles. The van der Waals surface area contributed by atoms with Gasteiger partial charge in [-0.05, 0) is 48.4 Å². The second-order valence-electron chi connectivity index (χ2n) is 4.39. The number of halogens is 3. The summed E-state index contributed by atoms with van der Waals surface area (Å²) < 4.78 is 1.04. The fraction of sp³-hybridized carbons (Fsp3) is 0.200. The number of rotatable bonds is 4. The van der Waals surface area contributed by atoms with E-state index in [0.717, 1.165) is 26.6 Å². The molecule has 0 saturated carbocycles. The van der Waals surface area contributed by atoms with Crippen LogP contribution >= 0.6 is 39.1 Å². The lowest BCUT2D eigenvalue weighted by atomic mass is 10.1. The average molecular weight is 359 g/mol. The summed E-state index contributed by atoms with van der Waals surface area (Å²) in [6.07, 6.45) is 0. The minimum atomic E-state index is 0.243. The molecule has 2 rings (SSSR count). The van der Waals surface area contributed by atoms with Crippen molar-refractivity contribution in [3.05, 3.63) is 68.1 Å². The van der Waals surface area contributed by atoms with E-state index < -0.39 is 0 Å². The van der Waals surface area contributed by atoms with E-state index in [9.17, 15) is 0 Å². The SMILES string of the molecule is C[C@@H](NCc1cc(Br)ccc1Cl)c1ccc(Cl)cc1. The lowest BCUT2D eigenvalue weighted by molar-refractivity contribution is 0.575. The molecule has 1 nitrogen and oxygen atoms in total. The molecule has 0 fully saturated rings. The van der Waals surface area contributed by atoms with Crippen molar-refractivity contribution in [2.45, 2.75) is 19.5 Å². The van der Waals surface area contributed by atoms with Crippen molar-refractivity contribution < 1.29 is 0 Å². The summed E-state index contributed by atoms with van der Waals surface area (Å²) in [7, 11) is 0. The predicted molar refractivity (Wildman–Crippen MR) is 85.9 cm³/mol. The van der Waals surface area contributed by atoms with Crippen LogP contribution in [0.4, 0.5) is 0 Å². The van der Waals surface area contributed by atoms with Crippen molar-refractivity contribution >= 4 is 39.1 Å². The summed E-state index contributed by atoms with van der Waals surface area (Å²) in [5.41, 5.74) is 2.28. The third-order valence-electron chi connectivity index (χ3n) is 2.98. The molecule has 4 heteroatoms. The highest BCUT2D eigenvalue weighted by Crippen LogP contribution is 2.22. The molecular weight excluding hydrogens is 345 g/mol. The Bertz CT molecular complexity index is 555. The summed E-state index contributed by atoms with van der Waals surface area (Å²) in [6.45, 7) is 2.84. The van der Waals surface area contributed by atoms with Gasteiger partial charge in [0.2, 0.25) is 0 Å². The van der Waals surface area contributed by atoms with E-state index >= 15 is 0 Å². The third kappa shape index (κ3) is 4.22. The Labute approximate surface area is 132 Å². The van der Waals surface area contributed by atoms with Gasteiger partial charge in [-0.25, -0.2) is 0 Å². The molecule has 0 amide bonds. The van der Waals surface area contributed by atoms with Crippen molar-refractivity contribution in [3.63, 3.8) is 0 Å². The minimum absolute atomic E-state index is 0.243. The van der Waals surface area contributed by atoms with Crippen molar-refractivity contribution in [1.29, 1.82) is 0 Å². The second-order valence-corrected chi connectivity index (χ2v) is 6.15. The average Bonchev–Trinajstić information content (AvgIpc) is 2.40. The van der Waals surface area contributed by atoms with Crippen LogP contribution in [0, 0.1) is 0 Å². The van der Waals surface area contributed by atoms with E-state index in [-0.39, 0.29) is 6.04 Å². The van der Waals surface area contributed by atoms with Gasteiger partial charge in [-0.2, -0.15) is 0 Å². The molecule has 0 spiro atoms. The molecule has 1 atom stereocenters.